The average molecular weight is 449 g/mol. The van der Waals surface area contributed by atoms with Gasteiger partial charge in [-0.25, -0.2) is 9.65 Å². The first-order valence-electron chi connectivity index (χ1n) is 10.6. The van der Waals surface area contributed by atoms with E-state index in [1.54, 1.807) is 18.2 Å². The Morgan fingerprint density at radius 2 is 1.97 bits per heavy atom. The number of nitro benzene ring substituents is 1. The van der Waals surface area contributed by atoms with Gasteiger partial charge in [0.2, 0.25) is 0 Å². The highest BCUT2D eigenvalue weighted by Crippen LogP contribution is 2.38. The van der Waals surface area contributed by atoms with Gasteiger partial charge in [0.25, 0.3) is 12.4 Å². The zero-order valence-electron chi connectivity index (χ0n) is 18.0. The van der Waals surface area contributed by atoms with Crippen molar-refractivity contribution in [1.29, 1.82) is 5.26 Å². The van der Waals surface area contributed by atoms with Crippen LogP contribution in [0.2, 0.25) is 12.6 Å². The molecule has 1 aromatic heterocycles. The third-order valence-corrected chi connectivity index (χ3v) is 5.84. The summed E-state index contributed by atoms with van der Waals surface area (Å²) in [7, 11) is 1.53. The Hall–Kier alpha value is -3.87. The number of aromatic nitrogens is 1. The van der Waals surface area contributed by atoms with Gasteiger partial charge < -0.3 is 14.2 Å². The SMILES string of the molecule is COc1cc2c(Oc3ccc([N+](=O)[O-])cc3F)ccnc2cc1OCC1CCB(C#N)CC1. The van der Waals surface area contributed by atoms with Crippen molar-refractivity contribution in [2.75, 3.05) is 13.7 Å². The predicted octanol–water partition coefficient (Wildman–Crippen LogP) is 5.43. The number of nitriles is 1. The largest absolute Gasteiger partial charge is 0.493 e. The number of pyridine rings is 1. The molecule has 1 aliphatic heterocycles. The van der Waals surface area contributed by atoms with Gasteiger partial charge in [0.05, 0.1) is 30.2 Å². The third kappa shape index (κ3) is 4.98. The fourth-order valence-electron chi connectivity index (χ4n) is 3.96. The molecular weight excluding hydrogens is 428 g/mol. The van der Waals surface area contributed by atoms with Gasteiger partial charge in [0.15, 0.2) is 23.1 Å². The van der Waals surface area contributed by atoms with Crippen LogP contribution in [-0.2, 0) is 0 Å². The Morgan fingerprint density at radius 3 is 2.64 bits per heavy atom. The molecule has 3 aromatic rings. The first-order valence-corrected chi connectivity index (χ1v) is 10.6. The molecule has 0 N–H and O–H groups in total. The van der Waals surface area contributed by atoms with Crippen LogP contribution in [-0.4, -0.2) is 30.3 Å². The molecule has 2 heterocycles. The minimum Gasteiger partial charge on any atom is -0.493 e. The number of methoxy groups -OCH3 is 1. The maximum absolute atomic E-state index is 14.3. The maximum atomic E-state index is 14.3. The van der Waals surface area contributed by atoms with Crippen LogP contribution < -0.4 is 14.2 Å². The minimum atomic E-state index is -0.841. The van der Waals surface area contributed by atoms with E-state index in [0.29, 0.717) is 40.7 Å². The molecule has 4 rings (SSSR count). The predicted molar refractivity (Wildman–Crippen MR) is 121 cm³/mol. The third-order valence-electron chi connectivity index (χ3n) is 5.84. The van der Waals surface area contributed by atoms with E-state index in [-0.39, 0.29) is 18.1 Å². The monoisotopic (exact) mass is 449 g/mol. The molecule has 8 nitrogen and oxygen atoms in total. The molecule has 0 radical (unpaired) electrons. The summed E-state index contributed by atoms with van der Waals surface area (Å²) < 4.78 is 31.6. The highest BCUT2D eigenvalue weighted by molar-refractivity contribution is 6.67. The van der Waals surface area contributed by atoms with Crippen LogP contribution in [0, 0.1) is 33.1 Å². The van der Waals surface area contributed by atoms with Gasteiger partial charge in [0.1, 0.15) is 5.75 Å². The lowest BCUT2D eigenvalue weighted by atomic mass is 9.42. The van der Waals surface area contributed by atoms with E-state index in [1.165, 1.54) is 25.4 Å². The molecule has 33 heavy (non-hydrogen) atoms. The van der Waals surface area contributed by atoms with Crippen molar-refractivity contribution < 1.29 is 23.5 Å². The lowest BCUT2D eigenvalue weighted by Gasteiger charge is -2.23. The molecule has 0 atom stereocenters. The van der Waals surface area contributed by atoms with Gasteiger partial charge in [-0.05, 0) is 24.1 Å². The topological polar surface area (TPSA) is 108 Å². The van der Waals surface area contributed by atoms with Gasteiger partial charge in [0, 0.05) is 29.7 Å². The van der Waals surface area contributed by atoms with Gasteiger partial charge in [-0.2, -0.15) is 0 Å². The van der Waals surface area contributed by atoms with E-state index in [4.69, 9.17) is 19.5 Å². The summed E-state index contributed by atoms with van der Waals surface area (Å²) in [5, 5.41) is 20.5. The van der Waals surface area contributed by atoms with Crippen molar-refractivity contribution in [3.8, 4) is 29.0 Å². The van der Waals surface area contributed by atoms with Crippen LogP contribution in [0.3, 0.4) is 0 Å². The van der Waals surface area contributed by atoms with Crippen molar-refractivity contribution in [3.05, 3.63) is 58.5 Å². The number of ether oxygens (including phenoxy) is 3. The second-order valence-electron chi connectivity index (χ2n) is 7.96. The number of hydrogen-bond donors (Lipinski definition) is 0. The molecule has 10 heteroatoms. The van der Waals surface area contributed by atoms with Crippen LogP contribution in [0.25, 0.3) is 10.9 Å². The Balaban J connectivity index is 1.56. The van der Waals surface area contributed by atoms with Gasteiger partial charge in [-0.15, -0.1) is 0 Å². The Bertz CT molecular complexity index is 1220. The number of halogens is 1. The Morgan fingerprint density at radius 1 is 1.18 bits per heavy atom. The van der Waals surface area contributed by atoms with Crippen molar-refractivity contribution in [2.24, 2.45) is 5.92 Å². The zero-order chi connectivity index (χ0) is 23.4. The summed E-state index contributed by atoms with van der Waals surface area (Å²) in [6, 6.07) is 8.25. The quantitative estimate of drug-likeness (QED) is 0.269. The molecule has 0 saturated carbocycles. The molecule has 0 spiro atoms. The van der Waals surface area contributed by atoms with Gasteiger partial charge in [-0.3, -0.25) is 15.1 Å². The van der Waals surface area contributed by atoms with E-state index in [2.05, 4.69) is 11.0 Å². The minimum absolute atomic E-state index is 0.139. The Labute approximate surface area is 190 Å². The summed E-state index contributed by atoms with van der Waals surface area (Å²) in [4.78, 5) is 14.5. The smallest absolute Gasteiger partial charge is 0.272 e. The van der Waals surface area contributed by atoms with Crippen molar-refractivity contribution in [1.82, 2.24) is 4.98 Å². The number of non-ortho nitro benzene ring substituents is 1. The molecule has 0 amide bonds. The second kappa shape index (κ2) is 9.73. The summed E-state index contributed by atoms with van der Waals surface area (Å²) in [5.41, 5.74) is 0.211. The standard InChI is InChI=1S/C23H21BFN3O5/c1-31-22-11-17-19(12-23(22)32-13-15-4-7-24(14-26)8-5-15)27-9-6-20(17)33-21-3-2-16(28(29)30)10-18(21)25/h2-3,6,9-12,15H,4-5,7-8,13H2,1H3. The first-order chi connectivity index (χ1) is 16.0. The van der Waals surface area contributed by atoms with Crippen LogP contribution in [0.5, 0.6) is 23.0 Å². The van der Waals surface area contributed by atoms with E-state index in [0.717, 1.165) is 31.5 Å². The normalized spacial score (nSPS) is 14.0. The lowest BCUT2D eigenvalue weighted by Crippen LogP contribution is -2.23. The number of rotatable bonds is 7. The van der Waals surface area contributed by atoms with E-state index < -0.39 is 10.7 Å². The molecule has 0 unspecified atom stereocenters. The molecule has 0 bridgehead atoms. The molecule has 0 aliphatic carbocycles. The Kier molecular flexibility index (Phi) is 6.59. The zero-order valence-corrected chi connectivity index (χ0v) is 18.0. The molecule has 2 aromatic carbocycles. The summed E-state index contributed by atoms with van der Waals surface area (Å²) in [5.74, 6) is 3.08. The number of benzene rings is 2. The number of nitrogens with zero attached hydrogens (tertiary/aromatic N) is 3. The average Bonchev–Trinajstić information content (AvgIpc) is 2.83. The van der Waals surface area contributed by atoms with Crippen molar-refractivity contribution >= 4 is 23.3 Å². The fourth-order valence-corrected chi connectivity index (χ4v) is 3.96. The number of nitro groups is 1. The molecule has 168 valence electrons. The first kappa shape index (κ1) is 22.3. The van der Waals surface area contributed by atoms with E-state index in [1.807, 2.05) is 0 Å². The maximum Gasteiger partial charge on any atom is 0.272 e. The van der Waals surface area contributed by atoms with Gasteiger partial charge >= 0.3 is 0 Å². The molecule has 1 aliphatic rings. The molecule has 1 fully saturated rings. The number of fused-ring (bicyclic) bond motifs is 1. The van der Waals surface area contributed by atoms with Crippen LogP contribution >= 0.6 is 0 Å². The molecular formula is C23H21BFN3O5. The second-order valence-corrected chi connectivity index (χ2v) is 7.96. The lowest BCUT2D eigenvalue weighted by molar-refractivity contribution is -0.385. The summed E-state index contributed by atoms with van der Waals surface area (Å²) in [6.07, 6.45) is 5.21. The highest BCUT2D eigenvalue weighted by atomic mass is 19.1. The van der Waals surface area contributed by atoms with Crippen LogP contribution in [0.15, 0.2) is 42.6 Å². The van der Waals surface area contributed by atoms with Crippen molar-refractivity contribution in [3.63, 3.8) is 0 Å². The van der Waals surface area contributed by atoms with Crippen molar-refractivity contribution in [2.45, 2.75) is 25.5 Å². The summed E-state index contributed by atoms with van der Waals surface area (Å²) >= 11 is 0. The summed E-state index contributed by atoms with van der Waals surface area (Å²) in [6.45, 7) is 0.657. The molecule has 1 saturated heterocycles. The van der Waals surface area contributed by atoms with E-state index >= 15 is 0 Å². The van der Waals surface area contributed by atoms with Crippen LogP contribution in [0.1, 0.15) is 12.8 Å². The van der Waals surface area contributed by atoms with E-state index in [9.17, 15) is 14.5 Å². The fraction of sp³-hybridized carbons (Fsp3) is 0.304. The van der Waals surface area contributed by atoms with Gasteiger partial charge in [-0.1, -0.05) is 25.5 Å². The van der Waals surface area contributed by atoms with Crippen LogP contribution in [0.4, 0.5) is 10.1 Å². The number of hydrogen-bond acceptors (Lipinski definition) is 7. The highest BCUT2D eigenvalue weighted by Gasteiger charge is 2.25.